The Labute approximate surface area is 134 Å². The molecule has 2 rings (SSSR count). The molecule has 0 amide bonds. The summed E-state index contributed by atoms with van der Waals surface area (Å²) >= 11 is 3.71. The zero-order valence-corrected chi connectivity index (χ0v) is 14.3. The molecule has 0 bridgehead atoms. The van der Waals surface area contributed by atoms with Crippen LogP contribution in [0.15, 0.2) is 41.1 Å². The molecule has 1 atom stereocenters. The van der Waals surface area contributed by atoms with Gasteiger partial charge in [0.25, 0.3) is 0 Å². The minimum atomic E-state index is 0.0989. The molecule has 1 aromatic carbocycles. The molecule has 0 spiro atoms. The highest BCUT2D eigenvalue weighted by atomic mass is 79.9. The van der Waals surface area contributed by atoms with Crippen LogP contribution in [0.4, 0.5) is 0 Å². The number of benzene rings is 1. The molecule has 1 heterocycles. The molecule has 0 aliphatic rings. The van der Waals surface area contributed by atoms with Crippen LogP contribution in [-0.4, -0.2) is 18.6 Å². The molecule has 1 unspecified atom stereocenters. The summed E-state index contributed by atoms with van der Waals surface area (Å²) < 4.78 is 6.44. The highest BCUT2D eigenvalue weighted by Gasteiger charge is 2.18. The van der Waals surface area contributed by atoms with Gasteiger partial charge >= 0.3 is 0 Å². The van der Waals surface area contributed by atoms with Crippen molar-refractivity contribution in [1.82, 2.24) is 10.3 Å². The maximum atomic E-state index is 5.30. The van der Waals surface area contributed by atoms with Gasteiger partial charge in [-0.05, 0) is 42.6 Å². The first kappa shape index (κ1) is 16.0. The van der Waals surface area contributed by atoms with Crippen LogP contribution in [0.2, 0.25) is 0 Å². The smallest absolute Gasteiger partial charge is 0.137 e. The van der Waals surface area contributed by atoms with Crippen LogP contribution < -0.4 is 10.1 Å². The molecular formula is C17H21BrN2O. The molecule has 3 nitrogen and oxygen atoms in total. The first-order chi connectivity index (χ1) is 10.2. The Morgan fingerprint density at radius 3 is 2.86 bits per heavy atom. The lowest BCUT2D eigenvalue weighted by atomic mass is 9.98. The van der Waals surface area contributed by atoms with Crippen LogP contribution >= 0.6 is 15.9 Å². The van der Waals surface area contributed by atoms with E-state index in [4.69, 9.17) is 4.74 Å². The molecule has 0 saturated heterocycles. The fraction of sp³-hybridized carbons (Fsp3) is 0.353. The minimum absolute atomic E-state index is 0.0989. The van der Waals surface area contributed by atoms with Crippen molar-refractivity contribution in [2.75, 3.05) is 13.7 Å². The van der Waals surface area contributed by atoms with Gasteiger partial charge in [0.2, 0.25) is 0 Å². The number of pyridine rings is 1. The Balaban J connectivity index is 2.44. The van der Waals surface area contributed by atoms with Crippen molar-refractivity contribution in [3.8, 4) is 5.75 Å². The summed E-state index contributed by atoms with van der Waals surface area (Å²) in [4.78, 5) is 4.28. The Bertz CT molecular complexity index is 601. The molecule has 0 radical (unpaired) electrons. The summed E-state index contributed by atoms with van der Waals surface area (Å²) in [6.45, 7) is 5.22. The number of rotatable bonds is 6. The number of nitrogens with zero attached hydrogens (tertiary/aromatic N) is 1. The van der Waals surface area contributed by atoms with Crippen LogP contribution in [0.5, 0.6) is 5.75 Å². The van der Waals surface area contributed by atoms with Gasteiger partial charge in [-0.25, -0.2) is 0 Å². The first-order valence-corrected chi connectivity index (χ1v) is 7.94. The lowest BCUT2D eigenvalue weighted by Crippen LogP contribution is -2.24. The predicted octanol–water partition coefficient (Wildman–Crippen LogP) is 4.25. The second-order valence-corrected chi connectivity index (χ2v) is 5.82. The van der Waals surface area contributed by atoms with Crippen LogP contribution in [0, 0.1) is 6.92 Å². The quantitative estimate of drug-likeness (QED) is 0.847. The highest BCUT2D eigenvalue weighted by Crippen LogP contribution is 2.31. The van der Waals surface area contributed by atoms with Gasteiger partial charge in [0.15, 0.2) is 0 Å². The number of aryl methyl sites for hydroxylation is 1. The summed E-state index contributed by atoms with van der Waals surface area (Å²) in [6, 6.07) is 8.47. The lowest BCUT2D eigenvalue weighted by molar-refractivity contribution is 0.411. The number of hydrogen-bond donors (Lipinski definition) is 1. The maximum absolute atomic E-state index is 5.30. The largest absolute Gasteiger partial charge is 0.495 e. The normalized spacial score (nSPS) is 12.2. The number of nitrogens with one attached hydrogen (secondary N) is 1. The molecule has 0 fully saturated rings. The van der Waals surface area contributed by atoms with E-state index in [1.165, 1.54) is 11.1 Å². The van der Waals surface area contributed by atoms with Gasteiger partial charge in [0.05, 0.1) is 19.3 Å². The highest BCUT2D eigenvalue weighted by molar-refractivity contribution is 9.10. The third kappa shape index (κ3) is 3.83. The van der Waals surface area contributed by atoms with Crippen LogP contribution in [0.1, 0.15) is 36.1 Å². The van der Waals surface area contributed by atoms with Crippen molar-refractivity contribution in [2.24, 2.45) is 0 Å². The van der Waals surface area contributed by atoms with Crippen molar-refractivity contribution < 1.29 is 4.74 Å². The summed E-state index contributed by atoms with van der Waals surface area (Å²) in [7, 11) is 1.66. The van der Waals surface area contributed by atoms with Crippen molar-refractivity contribution in [3.63, 3.8) is 0 Å². The fourth-order valence-electron chi connectivity index (χ4n) is 2.29. The Kier molecular flexibility index (Phi) is 5.76. The van der Waals surface area contributed by atoms with Gasteiger partial charge in [-0.3, -0.25) is 4.98 Å². The average Bonchev–Trinajstić information content (AvgIpc) is 2.52. The van der Waals surface area contributed by atoms with E-state index in [1.54, 1.807) is 13.3 Å². The van der Waals surface area contributed by atoms with Crippen molar-refractivity contribution in [1.29, 1.82) is 0 Å². The number of aromatic nitrogens is 1. The van der Waals surface area contributed by atoms with E-state index in [0.29, 0.717) is 0 Å². The van der Waals surface area contributed by atoms with E-state index in [9.17, 15) is 0 Å². The molecule has 112 valence electrons. The zero-order valence-electron chi connectivity index (χ0n) is 12.7. The molecule has 1 aromatic heterocycles. The van der Waals surface area contributed by atoms with Crippen LogP contribution in [0.3, 0.4) is 0 Å². The topological polar surface area (TPSA) is 34.2 Å². The van der Waals surface area contributed by atoms with E-state index in [0.717, 1.165) is 28.8 Å². The van der Waals surface area contributed by atoms with Gasteiger partial charge in [0.1, 0.15) is 5.75 Å². The standard InChI is InChI=1S/C17H21BrN2O/c1-4-8-20-17(13-9-14(21-3)11-19-10-13)15-7-5-6-12(2)16(15)18/h5-7,9-11,17,20H,4,8H2,1-3H3. The SMILES string of the molecule is CCCNC(c1cncc(OC)c1)c1cccc(C)c1Br. The van der Waals surface area contributed by atoms with Gasteiger partial charge in [-0.1, -0.05) is 41.1 Å². The van der Waals surface area contributed by atoms with Gasteiger partial charge < -0.3 is 10.1 Å². The third-order valence-electron chi connectivity index (χ3n) is 3.43. The molecule has 0 aliphatic carbocycles. The first-order valence-electron chi connectivity index (χ1n) is 7.14. The molecule has 4 heteroatoms. The monoisotopic (exact) mass is 348 g/mol. The van der Waals surface area contributed by atoms with Crippen LogP contribution in [0.25, 0.3) is 0 Å². The molecule has 0 aliphatic heterocycles. The Morgan fingerprint density at radius 2 is 2.14 bits per heavy atom. The Hall–Kier alpha value is -1.39. The maximum Gasteiger partial charge on any atom is 0.137 e. The van der Waals surface area contributed by atoms with Gasteiger partial charge in [-0.2, -0.15) is 0 Å². The van der Waals surface area contributed by atoms with E-state index in [2.05, 4.69) is 58.3 Å². The van der Waals surface area contributed by atoms with Gasteiger partial charge in [0, 0.05) is 10.7 Å². The van der Waals surface area contributed by atoms with E-state index in [-0.39, 0.29) is 6.04 Å². The number of hydrogen-bond acceptors (Lipinski definition) is 3. The number of halogens is 1. The van der Waals surface area contributed by atoms with Crippen molar-refractivity contribution in [2.45, 2.75) is 26.3 Å². The van der Waals surface area contributed by atoms with E-state index in [1.807, 2.05) is 12.3 Å². The minimum Gasteiger partial charge on any atom is -0.495 e. The van der Waals surface area contributed by atoms with E-state index < -0.39 is 0 Å². The second-order valence-electron chi connectivity index (χ2n) is 5.02. The van der Waals surface area contributed by atoms with Crippen LogP contribution in [-0.2, 0) is 0 Å². The zero-order chi connectivity index (χ0) is 15.2. The molecule has 2 aromatic rings. The van der Waals surface area contributed by atoms with E-state index >= 15 is 0 Å². The number of ether oxygens (including phenoxy) is 1. The third-order valence-corrected chi connectivity index (χ3v) is 4.52. The van der Waals surface area contributed by atoms with Gasteiger partial charge in [-0.15, -0.1) is 0 Å². The summed E-state index contributed by atoms with van der Waals surface area (Å²) in [5, 5.41) is 3.60. The second kappa shape index (κ2) is 7.57. The summed E-state index contributed by atoms with van der Waals surface area (Å²) in [5.41, 5.74) is 3.55. The average molecular weight is 349 g/mol. The van der Waals surface area contributed by atoms with Crippen molar-refractivity contribution in [3.05, 3.63) is 57.8 Å². The molecule has 0 saturated carbocycles. The lowest BCUT2D eigenvalue weighted by Gasteiger charge is -2.21. The number of methoxy groups -OCH3 is 1. The molecule has 1 N–H and O–H groups in total. The molecule has 21 heavy (non-hydrogen) atoms. The Morgan fingerprint density at radius 1 is 1.33 bits per heavy atom. The van der Waals surface area contributed by atoms with Crippen molar-refractivity contribution >= 4 is 15.9 Å². The summed E-state index contributed by atoms with van der Waals surface area (Å²) in [5.74, 6) is 0.777. The molecular weight excluding hydrogens is 328 g/mol. The fourth-order valence-corrected chi connectivity index (χ4v) is 2.79. The predicted molar refractivity (Wildman–Crippen MR) is 89.8 cm³/mol. The summed E-state index contributed by atoms with van der Waals surface area (Å²) in [6.07, 6.45) is 4.70.